The number of nitrogens with one attached hydrogen (secondary N) is 2. The van der Waals surface area contributed by atoms with Gasteiger partial charge in [-0.15, -0.1) is 0 Å². The second-order valence-electron chi connectivity index (χ2n) is 13.9. The number of halogens is 4. The maximum atomic E-state index is 14.0. The number of nitrogens with zero attached hydrogens (tertiary/aromatic N) is 4. The molecule has 0 aliphatic carbocycles. The number of fused-ring (bicyclic) bond motifs is 3. The first-order valence-corrected chi connectivity index (χ1v) is 17.9. The lowest BCUT2D eigenvalue weighted by Gasteiger charge is -2.39. The van der Waals surface area contributed by atoms with Crippen LogP contribution in [0.1, 0.15) is 55.7 Å². The van der Waals surface area contributed by atoms with Gasteiger partial charge in [-0.2, -0.15) is 13.2 Å². The summed E-state index contributed by atoms with van der Waals surface area (Å²) in [6.07, 6.45) is -0.801. The van der Waals surface area contributed by atoms with Gasteiger partial charge < -0.3 is 30.6 Å². The third-order valence-corrected chi connectivity index (χ3v) is 11.2. The number of alkyl halides is 3. The number of para-hydroxylation sites is 1. The number of nitrogen functional groups attached to an aromatic ring is 1. The van der Waals surface area contributed by atoms with Crippen molar-refractivity contribution in [2.24, 2.45) is 11.8 Å². The number of hydrogen-bond donors (Lipinski definition) is 3. The highest BCUT2D eigenvalue weighted by Crippen LogP contribution is 2.38. The summed E-state index contributed by atoms with van der Waals surface area (Å²) in [5.74, 6) is 0.630. The number of imidazole rings is 1. The highest BCUT2D eigenvalue weighted by atomic mass is 35.5. The van der Waals surface area contributed by atoms with Gasteiger partial charge in [-0.1, -0.05) is 29.8 Å². The van der Waals surface area contributed by atoms with Crippen molar-refractivity contribution in [3.8, 4) is 0 Å². The summed E-state index contributed by atoms with van der Waals surface area (Å²) in [6, 6.07) is 9.48. The predicted molar refractivity (Wildman–Crippen MR) is 187 cm³/mol. The minimum atomic E-state index is -4.77. The molecule has 4 aromatic rings. The zero-order chi connectivity index (χ0) is 35.9. The van der Waals surface area contributed by atoms with Crippen molar-refractivity contribution in [2.45, 2.75) is 63.3 Å². The van der Waals surface area contributed by atoms with Gasteiger partial charge in [0.05, 0.1) is 39.0 Å². The number of ether oxygens (including phenoxy) is 1. The SMILES string of the molecule is Nc1c(Cl)cc(C[C@@H](OC(=O)N2CCC(n3c(=O)[nH]c4c5ccccc5ncc43)CC2)C(=O)N2CCC(C3CCNCC3)CC2)cc1C(F)(F)F. The van der Waals surface area contributed by atoms with Crippen molar-refractivity contribution in [3.05, 3.63) is 69.2 Å². The second-order valence-corrected chi connectivity index (χ2v) is 14.3. The molecule has 2 aromatic carbocycles. The van der Waals surface area contributed by atoms with Crippen LogP contribution in [0.15, 0.2) is 47.4 Å². The van der Waals surface area contributed by atoms with Gasteiger partial charge in [0.2, 0.25) is 0 Å². The number of aromatic amines is 1. The van der Waals surface area contributed by atoms with Crippen LogP contribution < -0.4 is 16.7 Å². The molecule has 0 saturated carbocycles. The molecular weight excluding hydrogens is 687 g/mol. The molecule has 2 amide bonds. The van der Waals surface area contributed by atoms with Crippen LogP contribution >= 0.6 is 11.6 Å². The van der Waals surface area contributed by atoms with Crippen LogP contribution in [0.25, 0.3) is 21.9 Å². The summed E-state index contributed by atoms with van der Waals surface area (Å²) in [5, 5.41) is 3.93. The third kappa shape index (κ3) is 7.25. The Kier molecular flexibility index (Phi) is 9.90. The molecule has 7 rings (SSSR count). The summed E-state index contributed by atoms with van der Waals surface area (Å²) in [5.41, 5.74) is 5.90. The predicted octanol–water partition coefficient (Wildman–Crippen LogP) is 5.76. The number of benzene rings is 2. The number of amides is 2. The van der Waals surface area contributed by atoms with Crippen LogP contribution in [0.2, 0.25) is 5.02 Å². The van der Waals surface area contributed by atoms with Crippen molar-refractivity contribution in [1.82, 2.24) is 29.7 Å². The van der Waals surface area contributed by atoms with E-state index in [1.807, 2.05) is 24.3 Å². The average molecular weight is 728 g/mol. The van der Waals surface area contributed by atoms with E-state index >= 15 is 0 Å². The molecule has 3 aliphatic rings. The van der Waals surface area contributed by atoms with Gasteiger partial charge in [-0.25, -0.2) is 9.59 Å². The zero-order valence-corrected chi connectivity index (χ0v) is 28.8. The molecule has 51 heavy (non-hydrogen) atoms. The molecule has 0 radical (unpaired) electrons. The van der Waals surface area contributed by atoms with E-state index in [2.05, 4.69) is 15.3 Å². The maximum Gasteiger partial charge on any atom is 0.418 e. The van der Waals surface area contributed by atoms with Crippen molar-refractivity contribution in [1.29, 1.82) is 0 Å². The monoisotopic (exact) mass is 727 g/mol. The Balaban J connectivity index is 1.07. The Bertz CT molecular complexity index is 1980. The summed E-state index contributed by atoms with van der Waals surface area (Å²) >= 11 is 6.11. The number of rotatable bonds is 6. The Hall–Kier alpha value is -4.30. The molecular formula is C36H41ClF3N7O4. The Morgan fingerprint density at radius 2 is 1.65 bits per heavy atom. The van der Waals surface area contributed by atoms with Crippen LogP contribution in [0.3, 0.4) is 0 Å². The molecule has 15 heteroatoms. The fourth-order valence-electron chi connectivity index (χ4n) is 8.12. The van der Waals surface area contributed by atoms with E-state index in [1.165, 1.54) is 11.0 Å². The second kappa shape index (κ2) is 14.4. The normalized spacial score (nSPS) is 19.1. The number of carbonyl (C=O) groups is 2. The number of hydrogen-bond acceptors (Lipinski definition) is 7. The quantitative estimate of drug-likeness (QED) is 0.215. The third-order valence-electron chi connectivity index (χ3n) is 10.9. The Morgan fingerprint density at radius 3 is 2.35 bits per heavy atom. The van der Waals surface area contributed by atoms with E-state index in [4.69, 9.17) is 22.1 Å². The topological polar surface area (TPSA) is 139 Å². The number of nitrogens with two attached hydrogens (primary N) is 1. The van der Waals surface area contributed by atoms with Crippen molar-refractivity contribution < 1.29 is 27.5 Å². The number of pyridine rings is 1. The molecule has 272 valence electrons. The first-order chi connectivity index (χ1) is 24.5. The summed E-state index contributed by atoms with van der Waals surface area (Å²) < 4.78 is 49.0. The number of piperidine rings is 3. The fraction of sp³-hybridized carbons (Fsp3) is 0.500. The van der Waals surface area contributed by atoms with E-state index in [0.717, 1.165) is 55.7 Å². The average Bonchev–Trinajstić information content (AvgIpc) is 3.48. The Morgan fingerprint density at radius 1 is 0.980 bits per heavy atom. The van der Waals surface area contributed by atoms with Crippen LogP contribution in [0.5, 0.6) is 0 Å². The first-order valence-electron chi connectivity index (χ1n) is 17.6. The first kappa shape index (κ1) is 35.1. The van der Waals surface area contributed by atoms with E-state index in [1.54, 1.807) is 15.7 Å². The van der Waals surface area contributed by atoms with E-state index in [9.17, 15) is 27.6 Å². The van der Waals surface area contributed by atoms with Crippen LogP contribution in [-0.2, 0) is 22.1 Å². The largest absolute Gasteiger partial charge is 0.436 e. The standard InChI is InChI=1S/C36H41ClF3N7O4/c37-27-18-21(17-26(31(27)41)36(38,39)40)19-30(33(48)45-13-7-23(8-14-45)22-5-11-42-12-6-22)51-35(50)46-15-9-24(10-16-46)47-29-20-43-28-4-2-1-3-25(28)32(29)44-34(47)49/h1-4,17-18,20,22-24,30,42H,5-16,19,41H2,(H,44,49)/t30-/m1/s1. The molecule has 11 nitrogen and oxygen atoms in total. The molecule has 3 saturated heterocycles. The summed E-state index contributed by atoms with van der Waals surface area (Å²) in [4.78, 5) is 51.4. The van der Waals surface area contributed by atoms with Crippen LogP contribution in [0, 0.1) is 11.8 Å². The maximum absolute atomic E-state index is 14.0. The van der Waals surface area contributed by atoms with Crippen molar-refractivity contribution in [2.75, 3.05) is 45.0 Å². The molecule has 0 spiro atoms. The Labute approximate surface area is 297 Å². The van der Waals surface area contributed by atoms with Crippen molar-refractivity contribution >= 4 is 51.2 Å². The lowest BCUT2D eigenvalue weighted by Crippen LogP contribution is -2.49. The highest BCUT2D eigenvalue weighted by molar-refractivity contribution is 6.33. The number of anilines is 1. The number of H-pyrrole nitrogens is 1. The number of likely N-dealkylation sites (tertiary alicyclic amines) is 2. The van der Waals surface area contributed by atoms with Gasteiger partial charge in [-0.3, -0.25) is 14.3 Å². The fourth-order valence-corrected chi connectivity index (χ4v) is 8.36. The highest BCUT2D eigenvalue weighted by Gasteiger charge is 2.38. The van der Waals surface area contributed by atoms with Crippen LogP contribution in [0.4, 0.5) is 23.7 Å². The van der Waals surface area contributed by atoms with Gasteiger partial charge >= 0.3 is 18.0 Å². The molecule has 5 heterocycles. The molecule has 3 fully saturated rings. The lowest BCUT2D eigenvalue weighted by molar-refractivity contribution is -0.142. The summed E-state index contributed by atoms with van der Waals surface area (Å²) in [7, 11) is 0. The molecule has 1 atom stereocenters. The minimum absolute atomic E-state index is 0.0795. The molecule has 0 unspecified atom stereocenters. The number of carbonyl (C=O) groups excluding carboxylic acids is 2. The van der Waals surface area contributed by atoms with E-state index in [-0.39, 0.29) is 41.8 Å². The minimum Gasteiger partial charge on any atom is -0.436 e. The smallest absolute Gasteiger partial charge is 0.418 e. The molecule has 0 bridgehead atoms. The van der Waals surface area contributed by atoms with Gasteiger partial charge in [-0.05, 0) is 87.2 Å². The molecule has 4 N–H and O–H groups in total. The van der Waals surface area contributed by atoms with Gasteiger partial charge in [0.15, 0.2) is 6.10 Å². The van der Waals surface area contributed by atoms with E-state index in [0.29, 0.717) is 48.8 Å². The van der Waals surface area contributed by atoms with Gasteiger partial charge in [0.25, 0.3) is 5.91 Å². The summed E-state index contributed by atoms with van der Waals surface area (Å²) in [6.45, 7) is 3.42. The lowest BCUT2D eigenvalue weighted by atomic mass is 9.79. The molecule has 3 aliphatic heterocycles. The van der Waals surface area contributed by atoms with E-state index < -0.39 is 35.5 Å². The zero-order valence-electron chi connectivity index (χ0n) is 28.1. The van der Waals surface area contributed by atoms with Crippen LogP contribution in [-0.4, -0.2) is 81.7 Å². The van der Waals surface area contributed by atoms with Crippen molar-refractivity contribution in [3.63, 3.8) is 0 Å². The molecule has 2 aromatic heterocycles. The van der Waals surface area contributed by atoms with Gasteiger partial charge in [0.1, 0.15) is 0 Å². The number of aromatic nitrogens is 3. The van der Waals surface area contributed by atoms with Gasteiger partial charge in [0, 0.05) is 44.0 Å².